The van der Waals surface area contributed by atoms with Gasteiger partial charge in [0.1, 0.15) is 5.60 Å². The van der Waals surface area contributed by atoms with E-state index in [1.165, 1.54) is 0 Å². The molecule has 0 radical (unpaired) electrons. The molecule has 0 rings (SSSR count). The van der Waals surface area contributed by atoms with Gasteiger partial charge in [0.15, 0.2) is 11.9 Å². The van der Waals surface area contributed by atoms with Crippen molar-refractivity contribution in [3.8, 4) is 0 Å². The van der Waals surface area contributed by atoms with E-state index >= 15 is 0 Å². The standard InChI is InChI=1S/C8H18O8S/c9-2-1-6(13,4-17)8(15,16)7(14,3-10)5(11)12/h5,9-17H,1-4H2. The first-order valence-electron chi connectivity index (χ1n) is 4.71. The van der Waals surface area contributed by atoms with Crippen LogP contribution in [0.3, 0.4) is 0 Å². The smallest absolute Gasteiger partial charge is 0.230 e. The van der Waals surface area contributed by atoms with Gasteiger partial charge in [-0.2, -0.15) is 12.6 Å². The van der Waals surface area contributed by atoms with Crippen LogP contribution in [0.15, 0.2) is 0 Å². The first-order chi connectivity index (χ1) is 7.63. The molecule has 0 aliphatic rings. The van der Waals surface area contributed by atoms with Crippen molar-refractivity contribution in [2.75, 3.05) is 19.0 Å². The predicted molar refractivity (Wildman–Crippen MR) is 57.9 cm³/mol. The van der Waals surface area contributed by atoms with Crippen molar-refractivity contribution in [3.63, 3.8) is 0 Å². The van der Waals surface area contributed by atoms with Crippen molar-refractivity contribution >= 4 is 12.6 Å². The number of hydrogen-bond acceptors (Lipinski definition) is 9. The normalized spacial score (nSPS) is 20.1. The molecule has 0 aromatic heterocycles. The summed E-state index contributed by atoms with van der Waals surface area (Å²) >= 11 is 3.63. The zero-order valence-electron chi connectivity index (χ0n) is 8.93. The maximum Gasteiger partial charge on any atom is 0.230 e. The predicted octanol–water partition coefficient (Wildman–Crippen LogP) is -4.26. The molecular weight excluding hydrogens is 256 g/mol. The maximum absolute atomic E-state index is 9.83. The molecule has 0 spiro atoms. The topological polar surface area (TPSA) is 162 Å². The lowest BCUT2D eigenvalue weighted by molar-refractivity contribution is -0.391. The summed E-state index contributed by atoms with van der Waals surface area (Å²) in [5.74, 6) is -4.11. The summed E-state index contributed by atoms with van der Waals surface area (Å²) < 4.78 is 0. The van der Waals surface area contributed by atoms with E-state index in [-0.39, 0.29) is 0 Å². The van der Waals surface area contributed by atoms with Crippen molar-refractivity contribution < 1.29 is 40.9 Å². The Bertz CT molecular complexity index is 248. The summed E-state index contributed by atoms with van der Waals surface area (Å²) in [4.78, 5) is 0. The van der Waals surface area contributed by atoms with Gasteiger partial charge < -0.3 is 40.9 Å². The van der Waals surface area contributed by atoms with Crippen LogP contribution in [-0.2, 0) is 0 Å². The third kappa shape index (κ3) is 2.72. The summed E-state index contributed by atoms with van der Waals surface area (Å²) in [5.41, 5.74) is -5.76. The molecule has 8 N–H and O–H groups in total. The minimum Gasteiger partial charge on any atom is -0.396 e. The summed E-state index contributed by atoms with van der Waals surface area (Å²) in [6.45, 7) is -2.12. The molecule has 0 saturated carbocycles. The maximum atomic E-state index is 9.83. The van der Waals surface area contributed by atoms with Crippen molar-refractivity contribution in [3.05, 3.63) is 0 Å². The van der Waals surface area contributed by atoms with Gasteiger partial charge in [0, 0.05) is 18.8 Å². The fourth-order valence-corrected chi connectivity index (χ4v) is 1.70. The van der Waals surface area contributed by atoms with Crippen LogP contribution >= 0.6 is 12.6 Å². The molecule has 0 saturated heterocycles. The van der Waals surface area contributed by atoms with Crippen molar-refractivity contribution in [1.82, 2.24) is 0 Å². The highest BCUT2D eigenvalue weighted by atomic mass is 32.1. The Morgan fingerprint density at radius 2 is 1.47 bits per heavy atom. The summed E-state index contributed by atoms with van der Waals surface area (Å²) in [7, 11) is 0. The summed E-state index contributed by atoms with van der Waals surface area (Å²) in [6, 6.07) is 0. The lowest BCUT2D eigenvalue weighted by Crippen LogP contribution is -2.74. The Morgan fingerprint density at radius 3 is 1.71 bits per heavy atom. The van der Waals surface area contributed by atoms with Crippen LogP contribution in [0.1, 0.15) is 6.42 Å². The molecule has 0 fully saturated rings. The Balaban J connectivity index is 5.47. The van der Waals surface area contributed by atoms with Crippen LogP contribution < -0.4 is 0 Å². The average Bonchev–Trinajstić information content (AvgIpc) is 2.27. The van der Waals surface area contributed by atoms with Crippen LogP contribution in [0.5, 0.6) is 0 Å². The zero-order chi connectivity index (χ0) is 13.9. The number of hydrogen-bond donors (Lipinski definition) is 9. The Morgan fingerprint density at radius 1 is 1.00 bits per heavy atom. The fraction of sp³-hybridized carbons (Fsp3) is 1.00. The second kappa shape index (κ2) is 5.78. The first-order valence-corrected chi connectivity index (χ1v) is 5.34. The number of aliphatic hydroxyl groups excluding tert-OH is 3. The molecule has 17 heavy (non-hydrogen) atoms. The van der Waals surface area contributed by atoms with Crippen LogP contribution in [0.2, 0.25) is 0 Å². The second-order valence-corrected chi connectivity index (χ2v) is 4.11. The fourth-order valence-electron chi connectivity index (χ4n) is 1.32. The zero-order valence-corrected chi connectivity index (χ0v) is 9.83. The van der Waals surface area contributed by atoms with E-state index in [2.05, 4.69) is 12.6 Å². The Hall–Kier alpha value is 0.0300. The molecule has 104 valence electrons. The lowest BCUT2D eigenvalue weighted by Gasteiger charge is -2.47. The molecule has 0 aliphatic carbocycles. The summed E-state index contributed by atoms with van der Waals surface area (Å²) in [5, 5.41) is 74.0. The highest BCUT2D eigenvalue weighted by molar-refractivity contribution is 7.80. The molecule has 9 heteroatoms. The average molecular weight is 274 g/mol. The van der Waals surface area contributed by atoms with E-state index in [0.717, 1.165) is 0 Å². The SMILES string of the molecule is OCCC(O)(CS)C(O)(O)C(O)(CO)C(O)O. The molecule has 0 amide bonds. The molecule has 0 heterocycles. The van der Waals surface area contributed by atoms with Gasteiger partial charge in [-0.15, -0.1) is 0 Å². The van der Waals surface area contributed by atoms with Crippen LogP contribution in [0.4, 0.5) is 0 Å². The molecule has 0 bridgehead atoms. The van der Waals surface area contributed by atoms with E-state index in [0.29, 0.717) is 0 Å². The van der Waals surface area contributed by atoms with E-state index in [1.54, 1.807) is 0 Å². The van der Waals surface area contributed by atoms with E-state index < -0.39 is 48.7 Å². The molecule has 0 aliphatic heterocycles. The minimum atomic E-state index is -3.49. The number of aliphatic hydroxyl groups is 8. The van der Waals surface area contributed by atoms with Gasteiger partial charge in [0.25, 0.3) is 0 Å². The Labute approximate surface area is 103 Å². The van der Waals surface area contributed by atoms with Gasteiger partial charge in [-0.3, -0.25) is 0 Å². The second-order valence-electron chi connectivity index (χ2n) is 3.79. The minimum absolute atomic E-state index is 0.613. The van der Waals surface area contributed by atoms with Gasteiger partial charge in [0.05, 0.1) is 6.61 Å². The summed E-state index contributed by atoms with van der Waals surface area (Å²) in [6.07, 6.45) is -3.34. The van der Waals surface area contributed by atoms with Crippen LogP contribution in [0.25, 0.3) is 0 Å². The largest absolute Gasteiger partial charge is 0.396 e. The van der Waals surface area contributed by atoms with Crippen molar-refractivity contribution in [2.24, 2.45) is 0 Å². The number of rotatable bonds is 7. The van der Waals surface area contributed by atoms with E-state index in [1.807, 2.05) is 0 Å². The van der Waals surface area contributed by atoms with Crippen molar-refractivity contribution in [2.45, 2.75) is 29.7 Å². The quantitative estimate of drug-likeness (QED) is 0.166. The molecule has 8 nitrogen and oxygen atoms in total. The van der Waals surface area contributed by atoms with Crippen LogP contribution in [-0.4, -0.2) is 83.1 Å². The van der Waals surface area contributed by atoms with Gasteiger partial charge in [-0.1, -0.05) is 0 Å². The van der Waals surface area contributed by atoms with Gasteiger partial charge >= 0.3 is 0 Å². The first kappa shape index (κ1) is 17.0. The number of thiol groups is 1. The molecule has 0 aromatic carbocycles. The molecule has 2 atom stereocenters. The molecule has 2 unspecified atom stereocenters. The van der Waals surface area contributed by atoms with Gasteiger partial charge in [-0.25, -0.2) is 0 Å². The van der Waals surface area contributed by atoms with Crippen LogP contribution in [0, 0.1) is 0 Å². The van der Waals surface area contributed by atoms with Crippen molar-refractivity contribution in [1.29, 1.82) is 0 Å². The highest BCUT2D eigenvalue weighted by Gasteiger charge is 2.63. The lowest BCUT2D eigenvalue weighted by atomic mass is 9.78. The van der Waals surface area contributed by atoms with E-state index in [4.69, 9.17) is 20.4 Å². The Kier molecular flexibility index (Phi) is 5.79. The third-order valence-corrected chi connectivity index (χ3v) is 3.23. The molecule has 0 aromatic rings. The van der Waals surface area contributed by atoms with Gasteiger partial charge in [-0.05, 0) is 0 Å². The van der Waals surface area contributed by atoms with Gasteiger partial charge in [0.2, 0.25) is 5.79 Å². The highest BCUT2D eigenvalue weighted by Crippen LogP contribution is 2.35. The third-order valence-electron chi connectivity index (χ3n) is 2.71. The monoisotopic (exact) mass is 274 g/mol. The molecular formula is C8H18O8S. The van der Waals surface area contributed by atoms with E-state index in [9.17, 15) is 20.4 Å².